The molecule has 1 N–H and O–H groups in total. The maximum atomic E-state index is 10.1. The van der Waals surface area contributed by atoms with Crippen LogP contribution in [0.25, 0.3) is 0 Å². The highest BCUT2D eigenvalue weighted by Gasteiger charge is 2.40. The molecule has 0 aromatic carbocycles. The van der Waals surface area contributed by atoms with Crippen molar-refractivity contribution < 1.29 is 5.11 Å². The summed E-state index contributed by atoms with van der Waals surface area (Å²) in [6.07, 6.45) is 7.14. The van der Waals surface area contributed by atoms with Crippen molar-refractivity contribution in [3.63, 3.8) is 0 Å². The lowest BCUT2D eigenvalue weighted by molar-refractivity contribution is -0.0159. The number of hydrogen-bond donors (Lipinski definition) is 1. The van der Waals surface area contributed by atoms with E-state index in [1.807, 2.05) is 0 Å². The molecule has 2 atom stereocenters. The molecule has 2 fully saturated rings. The van der Waals surface area contributed by atoms with Gasteiger partial charge in [-0.25, -0.2) is 0 Å². The van der Waals surface area contributed by atoms with E-state index in [0.717, 1.165) is 25.2 Å². The van der Waals surface area contributed by atoms with Crippen LogP contribution in [-0.4, -0.2) is 10.7 Å². The molecule has 13 heavy (non-hydrogen) atoms. The largest absolute Gasteiger partial charge is 0.389 e. The molecule has 72 valence electrons. The number of rotatable bonds is 2. The van der Waals surface area contributed by atoms with Crippen LogP contribution in [0.15, 0.2) is 0 Å². The summed E-state index contributed by atoms with van der Waals surface area (Å²) in [6, 6.07) is 2.11. The number of hydrogen-bond acceptors (Lipinski definition) is 2. The minimum atomic E-state index is -0.639. The highest BCUT2D eigenvalue weighted by Crippen LogP contribution is 2.47. The fourth-order valence-electron chi connectivity index (χ4n) is 2.66. The number of aliphatic hydroxyl groups is 1. The summed E-state index contributed by atoms with van der Waals surface area (Å²) >= 11 is 0. The molecule has 2 heteroatoms. The van der Waals surface area contributed by atoms with E-state index in [9.17, 15) is 5.11 Å². The van der Waals surface area contributed by atoms with Gasteiger partial charge in [-0.15, -0.1) is 0 Å². The van der Waals surface area contributed by atoms with Crippen LogP contribution < -0.4 is 0 Å². The third-order valence-corrected chi connectivity index (χ3v) is 3.56. The van der Waals surface area contributed by atoms with E-state index in [0.29, 0.717) is 12.3 Å². The minimum absolute atomic E-state index is 0.330. The van der Waals surface area contributed by atoms with Gasteiger partial charge in [0.25, 0.3) is 0 Å². The van der Waals surface area contributed by atoms with Crippen molar-refractivity contribution in [1.82, 2.24) is 0 Å². The van der Waals surface area contributed by atoms with E-state index < -0.39 is 5.60 Å². The molecule has 2 aliphatic carbocycles. The van der Waals surface area contributed by atoms with E-state index in [-0.39, 0.29) is 0 Å². The van der Waals surface area contributed by atoms with Gasteiger partial charge in [-0.3, -0.25) is 0 Å². The predicted octanol–water partition coefficient (Wildman–Crippen LogP) is 2.23. The quantitative estimate of drug-likeness (QED) is 0.706. The molecular weight excluding hydrogens is 162 g/mol. The zero-order valence-corrected chi connectivity index (χ0v) is 8.00. The van der Waals surface area contributed by atoms with Crippen molar-refractivity contribution in [3.05, 3.63) is 0 Å². The van der Waals surface area contributed by atoms with Crippen LogP contribution in [0.3, 0.4) is 0 Å². The van der Waals surface area contributed by atoms with Crippen molar-refractivity contribution in [3.8, 4) is 6.07 Å². The second-order valence-electron chi connectivity index (χ2n) is 4.75. The SMILES string of the molecule is N#CCC1(O)CCCC(C2CC2)C1. The van der Waals surface area contributed by atoms with Crippen LogP contribution >= 0.6 is 0 Å². The molecule has 0 aliphatic heterocycles. The van der Waals surface area contributed by atoms with Crippen LogP contribution in [-0.2, 0) is 0 Å². The van der Waals surface area contributed by atoms with Gasteiger partial charge in [0.1, 0.15) is 0 Å². The van der Waals surface area contributed by atoms with Gasteiger partial charge < -0.3 is 5.11 Å². The Balaban J connectivity index is 1.94. The summed E-state index contributed by atoms with van der Waals surface area (Å²) in [7, 11) is 0. The fourth-order valence-corrected chi connectivity index (χ4v) is 2.66. The maximum absolute atomic E-state index is 10.1. The molecular formula is C11H17NO. The van der Waals surface area contributed by atoms with Gasteiger partial charge in [-0.2, -0.15) is 5.26 Å². The molecule has 0 aromatic rings. The monoisotopic (exact) mass is 179 g/mol. The van der Waals surface area contributed by atoms with E-state index in [4.69, 9.17) is 5.26 Å². The lowest BCUT2D eigenvalue weighted by Gasteiger charge is -2.35. The van der Waals surface area contributed by atoms with Crippen molar-refractivity contribution in [1.29, 1.82) is 5.26 Å². The molecule has 0 heterocycles. The van der Waals surface area contributed by atoms with Crippen molar-refractivity contribution in [2.75, 3.05) is 0 Å². The Bertz CT molecular complexity index is 229. The fraction of sp³-hybridized carbons (Fsp3) is 0.909. The van der Waals surface area contributed by atoms with Crippen LogP contribution in [0.1, 0.15) is 44.9 Å². The Morgan fingerprint density at radius 1 is 1.31 bits per heavy atom. The second kappa shape index (κ2) is 3.31. The van der Waals surface area contributed by atoms with Gasteiger partial charge in [-0.1, -0.05) is 6.42 Å². The Labute approximate surface area is 79.6 Å². The number of nitriles is 1. The second-order valence-corrected chi connectivity index (χ2v) is 4.75. The van der Waals surface area contributed by atoms with E-state index in [1.54, 1.807) is 0 Å². The summed E-state index contributed by atoms with van der Waals surface area (Å²) in [5, 5.41) is 18.7. The van der Waals surface area contributed by atoms with Crippen LogP contribution in [0, 0.1) is 23.2 Å². The van der Waals surface area contributed by atoms with Gasteiger partial charge in [0.2, 0.25) is 0 Å². The van der Waals surface area contributed by atoms with Gasteiger partial charge >= 0.3 is 0 Å². The Morgan fingerprint density at radius 3 is 2.69 bits per heavy atom. The molecule has 2 unspecified atom stereocenters. The van der Waals surface area contributed by atoms with E-state index >= 15 is 0 Å². The normalized spacial score (nSPS) is 39.8. The summed E-state index contributed by atoms with van der Waals surface area (Å²) in [5.74, 6) is 1.60. The summed E-state index contributed by atoms with van der Waals surface area (Å²) in [6.45, 7) is 0. The zero-order chi connectivity index (χ0) is 9.31. The van der Waals surface area contributed by atoms with E-state index in [2.05, 4.69) is 6.07 Å². The molecule has 0 spiro atoms. The van der Waals surface area contributed by atoms with Crippen LogP contribution in [0.4, 0.5) is 0 Å². The predicted molar refractivity (Wildman–Crippen MR) is 49.9 cm³/mol. The lowest BCUT2D eigenvalue weighted by Crippen LogP contribution is -2.35. The molecule has 0 bridgehead atoms. The van der Waals surface area contributed by atoms with Crippen molar-refractivity contribution >= 4 is 0 Å². The summed E-state index contributed by atoms with van der Waals surface area (Å²) < 4.78 is 0. The molecule has 2 aliphatic rings. The van der Waals surface area contributed by atoms with Gasteiger partial charge in [0.15, 0.2) is 0 Å². The van der Waals surface area contributed by atoms with Crippen molar-refractivity contribution in [2.24, 2.45) is 11.8 Å². The summed E-state index contributed by atoms with van der Waals surface area (Å²) in [4.78, 5) is 0. The minimum Gasteiger partial charge on any atom is -0.389 e. The highest BCUT2D eigenvalue weighted by molar-refractivity contribution is 4.96. The van der Waals surface area contributed by atoms with Gasteiger partial charge in [0, 0.05) is 0 Å². The molecule has 0 saturated heterocycles. The first kappa shape index (κ1) is 9.02. The topological polar surface area (TPSA) is 44.0 Å². The standard InChI is InChI=1S/C11H17NO/c12-7-6-11(13)5-1-2-10(8-11)9-3-4-9/h9-10,13H,1-6,8H2. The molecule has 0 aromatic heterocycles. The third kappa shape index (κ3) is 2.03. The highest BCUT2D eigenvalue weighted by atomic mass is 16.3. The first-order chi connectivity index (χ1) is 6.23. The number of nitrogens with zero attached hydrogens (tertiary/aromatic N) is 1. The summed E-state index contributed by atoms with van der Waals surface area (Å²) in [5.41, 5.74) is -0.639. The van der Waals surface area contributed by atoms with Gasteiger partial charge in [0.05, 0.1) is 18.1 Å². The molecule has 2 rings (SSSR count). The first-order valence-electron chi connectivity index (χ1n) is 5.33. The molecule has 2 saturated carbocycles. The Hall–Kier alpha value is -0.550. The Morgan fingerprint density at radius 2 is 2.08 bits per heavy atom. The maximum Gasteiger partial charge on any atom is 0.0779 e. The Kier molecular flexibility index (Phi) is 2.29. The van der Waals surface area contributed by atoms with Crippen molar-refractivity contribution in [2.45, 2.75) is 50.5 Å². The average molecular weight is 179 g/mol. The molecule has 0 amide bonds. The smallest absolute Gasteiger partial charge is 0.0779 e. The molecule has 2 nitrogen and oxygen atoms in total. The van der Waals surface area contributed by atoms with Crippen LogP contribution in [0.5, 0.6) is 0 Å². The van der Waals surface area contributed by atoms with Crippen LogP contribution in [0.2, 0.25) is 0 Å². The van der Waals surface area contributed by atoms with Gasteiger partial charge in [-0.05, 0) is 43.9 Å². The lowest BCUT2D eigenvalue weighted by atomic mass is 9.75. The first-order valence-corrected chi connectivity index (χ1v) is 5.33. The van der Waals surface area contributed by atoms with E-state index in [1.165, 1.54) is 19.3 Å². The third-order valence-electron chi connectivity index (χ3n) is 3.56. The average Bonchev–Trinajstić information content (AvgIpc) is 2.86. The zero-order valence-electron chi connectivity index (χ0n) is 8.00. The molecule has 0 radical (unpaired) electrons.